The molecule has 6 nitrogen and oxygen atoms in total. The number of benzene rings is 4. The predicted octanol–water partition coefficient (Wildman–Crippen LogP) is 6.37. The van der Waals surface area contributed by atoms with Crippen molar-refractivity contribution >= 4 is 39.1 Å². The van der Waals surface area contributed by atoms with Crippen LogP contribution in [0.5, 0.6) is 0 Å². The molecule has 190 valence electrons. The van der Waals surface area contributed by atoms with Crippen LogP contribution >= 0.6 is 11.3 Å². The Morgan fingerprint density at radius 2 is 1.53 bits per heavy atom. The summed E-state index contributed by atoms with van der Waals surface area (Å²) in [5, 5.41) is 16.9. The zero-order valence-electron chi connectivity index (χ0n) is 20.9. The van der Waals surface area contributed by atoms with Gasteiger partial charge in [-0.15, -0.1) is 11.3 Å². The monoisotopic (exact) mass is 521 g/mol. The maximum Gasteiger partial charge on any atom is 0.325 e. The van der Waals surface area contributed by atoms with Gasteiger partial charge in [0, 0.05) is 29.6 Å². The summed E-state index contributed by atoms with van der Waals surface area (Å²) in [6.07, 6.45) is 0. The number of carboxylic acid groups (broad SMARTS) is 1. The van der Waals surface area contributed by atoms with Crippen molar-refractivity contribution in [2.24, 2.45) is 0 Å². The van der Waals surface area contributed by atoms with Crippen LogP contribution in [0, 0.1) is 0 Å². The lowest BCUT2D eigenvalue weighted by molar-refractivity contribution is -0.138. The smallest absolute Gasteiger partial charge is 0.325 e. The van der Waals surface area contributed by atoms with Crippen LogP contribution in [0.2, 0.25) is 0 Å². The largest absolute Gasteiger partial charge is 0.480 e. The minimum absolute atomic E-state index is 0.410. The fraction of sp³-hybridized carbons (Fsp3) is 0.129. The number of carboxylic acids is 1. The van der Waals surface area contributed by atoms with Crippen molar-refractivity contribution in [2.45, 2.75) is 26.1 Å². The number of nitrogens with zero attached hydrogens (tertiary/aromatic N) is 2. The molecule has 7 heteroatoms. The van der Waals surface area contributed by atoms with Crippen molar-refractivity contribution in [3.8, 4) is 11.3 Å². The van der Waals surface area contributed by atoms with Gasteiger partial charge in [0.2, 0.25) is 0 Å². The molecule has 1 amide bonds. The van der Waals surface area contributed by atoms with Crippen LogP contribution in [-0.4, -0.2) is 28.0 Å². The molecule has 5 aromatic rings. The third kappa shape index (κ3) is 5.90. The average molecular weight is 522 g/mol. The summed E-state index contributed by atoms with van der Waals surface area (Å²) >= 11 is 1.61. The van der Waals surface area contributed by atoms with E-state index in [0.29, 0.717) is 18.7 Å². The first-order chi connectivity index (χ1) is 18.5. The number of aromatic nitrogens is 1. The molecule has 38 heavy (non-hydrogen) atoms. The van der Waals surface area contributed by atoms with Crippen LogP contribution in [0.3, 0.4) is 0 Å². The molecule has 2 N–H and O–H groups in total. The summed E-state index contributed by atoms with van der Waals surface area (Å²) in [7, 11) is 0. The Morgan fingerprint density at radius 1 is 0.868 bits per heavy atom. The standard InChI is InChI=1S/C31H27N3O3S/c1-21(30(36)37)32-29(35)25-13-11-23(12-14-25)19-34(18-22-7-3-2-4-8-22)31-33-28(20-38-31)27-16-15-24-9-5-6-10-26(24)17-27/h2-17,20-21H,18-19H2,1H3,(H,32,35)(H,36,37). The van der Waals surface area contributed by atoms with Crippen molar-refractivity contribution in [1.29, 1.82) is 0 Å². The van der Waals surface area contributed by atoms with Crippen molar-refractivity contribution in [1.82, 2.24) is 10.3 Å². The van der Waals surface area contributed by atoms with Gasteiger partial charge in [-0.3, -0.25) is 9.59 Å². The molecular formula is C31H27N3O3S. The quantitative estimate of drug-likeness (QED) is 0.235. The van der Waals surface area contributed by atoms with Gasteiger partial charge in [0.25, 0.3) is 5.91 Å². The first-order valence-electron chi connectivity index (χ1n) is 12.3. The van der Waals surface area contributed by atoms with E-state index in [2.05, 4.69) is 58.1 Å². The van der Waals surface area contributed by atoms with Gasteiger partial charge in [0.1, 0.15) is 6.04 Å². The number of carbonyl (C=O) groups excluding carboxylic acids is 1. The van der Waals surface area contributed by atoms with E-state index in [1.54, 1.807) is 23.5 Å². The lowest BCUT2D eigenvalue weighted by Gasteiger charge is -2.22. The third-order valence-corrected chi connectivity index (χ3v) is 7.23. The zero-order valence-corrected chi connectivity index (χ0v) is 21.7. The van der Waals surface area contributed by atoms with Crippen LogP contribution < -0.4 is 10.2 Å². The van der Waals surface area contributed by atoms with Crippen LogP contribution in [0.25, 0.3) is 22.0 Å². The molecule has 5 rings (SSSR count). The highest BCUT2D eigenvalue weighted by molar-refractivity contribution is 7.14. The van der Waals surface area contributed by atoms with E-state index in [4.69, 9.17) is 10.1 Å². The van der Waals surface area contributed by atoms with Gasteiger partial charge in [-0.2, -0.15) is 0 Å². The molecule has 0 saturated heterocycles. The van der Waals surface area contributed by atoms with Gasteiger partial charge in [0.15, 0.2) is 5.13 Å². The summed E-state index contributed by atoms with van der Waals surface area (Å²) < 4.78 is 0. The Hall–Kier alpha value is -4.49. The number of thiazole rings is 1. The fourth-order valence-electron chi connectivity index (χ4n) is 4.21. The Labute approximate surface area is 225 Å². The van der Waals surface area contributed by atoms with E-state index in [-0.39, 0.29) is 0 Å². The first-order valence-corrected chi connectivity index (χ1v) is 13.2. The molecular weight excluding hydrogens is 494 g/mol. The number of nitrogens with one attached hydrogen (secondary N) is 1. The second kappa shape index (κ2) is 11.3. The Morgan fingerprint density at radius 3 is 2.24 bits per heavy atom. The number of rotatable bonds is 9. The lowest BCUT2D eigenvalue weighted by Crippen LogP contribution is -2.38. The summed E-state index contributed by atoms with van der Waals surface area (Å²) in [6.45, 7) is 2.73. The van der Waals surface area contributed by atoms with Gasteiger partial charge in [0.05, 0.1) is 5.69 Å². The first kappa shape index (κ1) is 25.2. The fourth-order valence-corrected chi connectivity index (χ4v) is 5.04. The SMILES string of the molecule is CC(NC(=O)c1ccc(CN(Cc2ccccc2)c2nc(-c3ccc4ccccc4c3)cs2)cc1)C(=O)O. The topological polar surface area (TPSA) is 82.5 Å². The minimum atomic E-state index is -1.07. The Bertz CT molecular complexity index is 1560. The second-order valence-corrected chi connectivity index (χ2v) is 9.99. The molecule has 1 aromatic heterocycles. The van der Waals surface area contributed by atoms with Gasteiger partial charge >= 0.3 is 5.97 Å². The molecule has 4 aromatic carbocycles. The maximum absolute atomic E-state index is 12.4. The van der Waals surface area contributed by atoms with Gasteiger partial charge in [-0.25, -0.2) is 4.98 Å². The van der Waals surface area contributed by atoms with Crippen LogP contribution in [0.15, 0.2) is 102 Å². The predicted molar refractivity (Wildman–Crippen MR) is 152 cm³/mol. The van der Waals surface area contributed by atoms with Crippen LogP contribution in [0.4, 0.5) is 5.13 Å². The highest BCUT2D eigenvalue weighted by atomic mass is 32.1. The molecule has 1 heterocycles. The van der Waals surface area contributed by atoms with E-state index in [1.807, 2.05) is 42.5 Å². The molecule has 0 aliphatic heterocycles. The van der Waals surface area contributed by atoms with E-state index in [9.17, 15) is 9.59 Å². The number of anilines is 1. The number of fused-ring (bicyclic) bond motifs is 1. The third-order valence-electron chi connectivity index (χ3n) is 6.33. The van der Waals surface area contributed by atoms with Crippen molar-refractivity contribution < 1.29 is 14.7 Å². The summed E-state index contributed by atoms with van der Waals surface area (Å²) in [5.41, 5.74) is 4.63. The highest BCUT2D eigenvalue weighted by Gasteiger charge is 2.17. The van der Waals surface area contributed by atoms with E-state index in [0.717, 1.165) is 22.0 Å². The molecule has 1 unspecified atom stereocenters. The molecule has 0 spiro atoms. The van der Waals surface area contributed by atoms with E-state index >= 15 is 0 Å². The zero-order chi connectivity index (χ0) is 26.5. The van der Waals surface area contributed by atoms with Gasteiger partial charge in [-0.05, 0) is 47.0 Å². The highest BCUT2D eigenvalue weighted by Crippen LogP contribution is 2.31. The number of aliphatic carboxylic acids is 1. The Balaban J connectivity index is 1.38. The van der Waals surface area contributed by atoms with E-state index < -0.39 is 17.9 Å². The van der Waals surface area contributed by atoms with Crippen LogP contribution in [-0.2, 0) is 17.9 Å². The average Bonchev–Trinajstić information content (AvgIpc) is 3.44. The van der Waals surface area contributed by atoms with Crippen molar-refractivity contribution in [3.63, 3.8) is 0 Å². The summed E-state index contributed by atoms with van der Waals surface area (Å²) in [4.78, 5) is 30.7. The van der Waals surface area contributed by atoms with Crippen molar-refractivity contribution in [2.75, 3.05) is 4.90 Å². The molecule has 0 bridgehead atoms. The minimum Gasteiger partial charge on any atom is -0.480 e. The Kier molecular flexibility index (Phi) is 7.47. The van der Waals surface area contributed by atoms with Gasteiger partial charge < -0.3 is 15.3 Å². The lowest BCUT2D eigenvalue weighted by atomic mass is 10.1. The van der Waals surface area contributed by atoms with Crippen LogP contribution in [0.1, 0.15) is 28.4 Å². The maximum atomic E-state index is 12.4. The number of carbonyl (C=O) groups is 2. The summed E-state index contributed by atoms with van der Waals surface area (Å²) in [5.74, 6) is -1.48. The molecule has 0 fully saturated rings. The number of hydrogen-bond acceptors (Lipinski definition) is 5. The number of hydrogen-bond donors (Lipinski definition) is 2. The molecule has 0 aliphatic carbocycles. The molecule has 0 saturated carbocycles. The van der Waals surface area contributed by atoms with Crippen molar-refractivity contribution in [3.05, 3.63) is 119 Å². The van der Waals surface area contributed by atoms with Gasteiger partial charge in [-0.1, -0.05) is 78.9 Å². The normalized spacial score (nSPS) is 11.7. The molecule has 0 aliphatic rings. The molecule has 0 radical (unpaired) electrons. The van der Waals surface area contributed by atoms with E-state index in [1.165, 1.54) is 23.3 Å². The molecule has 1 atom stereocenters. The number of amides is 1. The second-order valence-electron chi connectivity index (χ2n) is 9.15. The summed E-state index contributed by atoms with van der Waals surface area (Å²) in [6, 6.07) is 31.3.